The summed E-state index contributed by atoms with van der Waals surface area (Å²) in [5.41, 5.74) is 3.48. The molecular formula is C23H22O4. The van der Waals surface area contributed by atoms with Crippen LogP contribution >= 0.6 is 0 Å². The third kappa shape index (κ3) is 5.43. The average Bonchev–Trinajstić information content (AvgIpc) is 2.73. The van der Waals surface area contributed by atoms with E-state index in [2.05, 4.69) is 0 Å². The fraction of sp³-hybridized carbons (Fsp3) is 0.174. The van der Waals surface area contributed by atoms with Crippen molar-refractivity contribution in [2.24, 2.45) is 0 Å². The summed E-state index contributed by atoms with van der Waals surface area (Å²) in [5.74, 6) is 0.0707. The predicted octanol–water partition coefficient (Wildman–Crippen LogP) is 4.77. The minimum absolute atomic E-state index is 0.374. The lowest BCUT2D eigenvalue weighted by atomic mass is 10.1. The Morgan fingerprint density at radius 2 is 1.33 bits per heavy atom. The fourth-order valence-corrected chi connectivity index (χ4v) is 2.65. The Balaban J connectivity index is 1.68. The zero-order valence-electron chi connectivity index (χ0n) is 15.3. The molecule has 0 heterocycles. The summed E-state index contributed by atoms with van der Waals surface area (Å²) in [6.45, 7) is 1.33. The van der Waals surface area contributed by atoms with Crippen LogP contribution < -0.4 is 4.74 Å². The number of benzene rings is 3. The summed E-state index contributed by atoms with van der Waals surface area (Å²) in [4.78, 5) is 12.0. The van der Waals surface area contributed by atoms with Crippen LogP contribution in [-0.2, 0) is 29.3 Å². The van der Waals surface area contributed by atoms with E-state index in [1.807, 2.05) is 72.8 Å². The van der Waals surface area contributed by atoms with Gasteiger partial charge in [-0.25, -0.2) is 4.79 Å². The van der Waals surface area contributed by atoms with Gasteiger partial charge in [0.2, 0.25) is 0 Å². The quantitative estimate of drug-likeness (QED) is 0.542. The number of carbonyl (C=O) groups excluding carboxylic acids is 1. The zero-order chi connectivity index (χ0) is 18.9. The molecule has 0 aromatic heterocycles. The molecule has 0 fully saturated rings. The molecule has 0 aliphatic heterocycles. The maximum Gasteiger partial charge on any atom is 0.341 e. The van der Waals surface area contributed by atoms with E-state index in [1.54, 1.807) is 6.07 Å². The molecule has 0 amide bonds. The Hall–Kier alpha value is -3.11. The van der Waals surface area contributed by atoms with E-state index >= 15 is 0 Å². The molecule has 138 valence electrons. The largest absolute Gasteiger partial charge is 0.488 e. The highest BCUT2D eigenvalue weighted by Gasteiger charge is 2.14. The van der Waals surface area contributed by atoms with Crippen molar-refractivity contribution in [1.82, 2.24) is 0 Å². The topological polar surface area (TPSA) is 44.8 Å². The molecule has 0 bridgehead atoms. The van der Waals surface area contributed by atoms with Crippen molar-refractivity contribution in [3.8, 4) is 5.75 Å². The van der Waals surface area contributed by atoms with E-state index in [-0.39, 0.29) is 0 Å². The minimum atomic E-state index is -0.421. The number of ether oxygens (including phenoxy) is 3. The molecule has 0 aliphatic rings. The van der Waals surface area contributed by atoms with Gasteiger partial charge in [0, 0.05) is 0 Å². The van der Waals surface area contributed by atoms with E-state index in [1.165, 1.54) is 7.11 Å². The zero-order valence-corrected chi connectivity index (χ0v) is 15.3. The average molecular weight is 362 g/mol. The Bertz CT molecular complexity index is 860. The number of hydrogen-bond donors (Lipinski definition) is 0. The van der Waals surface area contributed by atoms with Gasteiger partial charge < -0.3 is 14.2 Å². The van der Waals surface area contributed by atoms with E-state index in [4.69, 9.17) is 14.2 Å². The SMILES string of the molecule is COC(=O)c1ccc(COCc2ccccc2)cc1OCc1ccccc1. The van der Waals surface area contributed by atoms with Crippen molar-refractivity contribution in [1.29, 1.82) is 0 Å². The van der Waals surface area contributed by atoms with E-state index in [0.717, 1.165) is 16.7 Å². The summed E-state index contributed by atoms with van der Waals surface area (Å²) in [5, 5.41) is 0. The highest BCUT2D eigenvalue weighted by molar-refractivity contribution is 5.92. The van der Waals surface area contributed by atoms with Crippen LogP contribution in [0.5, 0.6) is 5.75 Å². The molecule has 0 saturated heterocycles. The normalized spacial score (nSPS) is 10.4. The highest BCUT2D eigenvalue weighted by atomic mass is 16.5. The molecule has 0 aliphatic carbocycles. The van der Waals surface area contributed by atoms with E-state index < -0.39 is 5.97 Å². The van der Waals surface area contributed by atoms with Crippen molar-refractivity contribution < 1.29 is 19.0 Å². The molecule has 0 N–H and O–H groups in total. The van der Waals surface area contributed by atoms with E-state index in [0.29, 0.717) is 31.1 Å². The van der Waals surface area contributed by atoms with Gasteiger partial charge in [-0.15, -0.1) is 0 Å². The summed E-state index contributed by atoms with van der Waals surface area (Å²) in [6.07, 6.45) is 0. The lowest BCUT2D eigenvalue weighted by molar-refractivity contribution is 0.0595. The molecule has 0 atom stereocenters. The van der Waals surface area contributed by atoms with Crippen LogP contribution in [0.3, 0.4) is 0 Å². The summed E-state index contributed by atoms with van der Waals surface area (Å²) in [7, 11) is 1.36. The van der Waals surface area contributed by atoms with Crippen molar-refractivity contribution in [2.45, 2.75) is 19.8 Å². The van der Waals surface area contributed by atoms with Crippen molar-refractivity contribution in [3.05, 3.63) is 101 Å². The van der Waals surface area contributed by atoms with Crippen LogP contribution in [0, 0.1) is 0 Å². The van der Waals surface area contributed by atoms with Gasteiger partial charge in [-0.1, -0.05) is 66.7 Å². The van der Waals surface area contributed by atoms with Crippen molar-refractivity contribution >= 4 is 5.97 Å². The maximum absolute atomic E-state index is 12.0. The number of rotatable bonds is 8. The first-order valence-electron chi connectivity index (χ1n) is 8.76. The minimum Gasteiger partial charge on any atom is -0.488 e. The Morgan fingerprint density at radius 3 is 1.96 bits per heavy atom. The van der Waals surface area contributed by atoms with Crippen molar-refractivity contribution in [3.63, 3.8) is 0 Å². The molecule has 3 rings (SSSR count). The van der Waals surface area contributed by atoms with Gasteiger partial charge in [0.15, 0.2) is 0 Å². The second-order valence-electron chi connectivity index (χ2n) is 6.07. The van der Waals surface area contributed by atoms with Gasteiger partial charge in [-0.3, -0.25) is 0 Å². The Kier molecular flexibility index (Phi) is 6.61. The second-order valence-corrected chi connectivity index (χ2v) is 6.07. The van der Waals surface area contributed by atoms with Crippen LogP contribution in [0.2, 0.25) is 0 Å². The fourth-order valence-electron chi connectivity index (χ4n) is 2.65. The van der Waals surface area contributed by atoms with E-state index in [9.17, 15) is 4.79 Å². The third-order valence-electron chi connectivity index (χ3n) is 4.07. The number of esters is 1. The van der Waals surface area contributed by atoms with Gasteiger partial charge in [0.25, 0.3) is 0 Å². The Labute approximate surface area is 159 Å². The molecule has 0 saturated carbocycles. The first-order valence-corrected chi connectivity index (χ1v) is 8.76. The highest BCUT2D eigenvalue weighted by Crippen LogP contribution is 2.23. The molecule has 4 nitrogen and oxygen atoms in total. The molecule has 3 aromatic carbocycles. The van der Waals surface area contributed by atoms with Crippen LogP contribution in [0.25, 0.3) is 0 Å². The number of hydrogen-bond acceptors (Lipinski definition) is 4. The molecule has 0 unspecified atom stereocenters. The Morgan fingerprint density at radius 1 is 0.741 bits per heavy atom. The molecule has 4 heteroatoms. The van der Waals surface area contributed by atoms with Crippen LogP contribution in [0.1, 0.15) is 27.0 Å². The second kappa shape index (κ2) is 9.55. The van der Waals surface area contributed by atoms with Gasteiger partial charge in [-0.05, 0) is 28.8 Å². The van der Waals surface area contributed by atoms with Crippen LogP contribution in [-0.4, -0.2) is 13.1 Å². The summed E-state index contributed by atoms with van der Waals surface area (Å²) < 4.78 is 16.5. The number of carbonyl (C=O) groups is 1. The first-order chi connectivity index (χ1) is 13.3. The monoisotopic (exact) mass is 362 g/mol. The first kappa shape index (κ1) is 18.7. The lowest BCUT2D eigenvalue weighted by Crippen LogP contribution is -2.07. The lowest BCUT2D eigenvalue weighted by Gasteiger charge is -2.13. The summed E-state index contributed by atoms with van der Waals surface area (Å²) in [6, 6.07) is 25.2. The predicted molar refractivity (Wildman–Crippen MR) is 103 cm³/mol. The van der Waals surface area contributed by atoms with Gasteiger partial charge >= 0.3 is 5.97 Å². The maximum atomic E-state index is 12.0. The smallest absolute Gasteiger partial charge is 0.341 e. The summed E-state index contributed by atoms with van der Waals surface area (Å²) >= 11 is 0. The van der Waals surface area contributed by atoms with Crippen LogP contribution in [0.4, 0.5) is 0 Å². The standard InChI is InChI=1S/C23H22O4/c1-25-23(24)21-13-12-20(16-26-15-18-8-4-2-5-9-18)14-22(21)27-17-19-10-6-3-7-11-19/h2-14H,15-17H2,1H3. The number of methoxy groups -OCH3 is 1. The third-order valence-corrected chi connectivity index (χ3v) is 4.07. The van der Waals surface area contributed by atoms with Crippen LogP contribution in [0.15, 0.2) is 78.9 Å². The van der Waals surface area contributed by atoms with Crippen molar-refractivity contribution in [2.75, 3.05) is 7.11 Å². The molecule has 0 spiro atoms. The molecular weight excluding hydrogens is 340 g/mol. The van der Waals surface area contributed by atoms with Gasteiger partial charge in [0.1, 0.15) is 17.9 Å². The molecule has 0 radical (unpaired) electrons. The van der Waals surface area contributed by atoms with Gasteiger partial charge in [0.05, 0.1) is 20.3 Å². The molecule has 3 aromatic rings. The molecule has 27 heavy (non-hydrogen) atoms. The van der Waals surface area contributed by atoms with Gasteiger partial charge in [-0.2, -0.15) is 0 Å².